The lowest BCUT2D eigenvalue weighted by molar-refractivity contribution is 0.0302. The third-order valence-corrected chi connectivity index (χ3v) is 4.67. The van der Waals surface area contributed by atoms with Crippen LogP contribution in [0.15, 0.2) is 0 Å². The Hall–Kier alpha value is -0.0800. The van der Waals surface area contributed by atoms with Crippen LogP contribution in [0.3, 0.4) is 0 Å². The Kier molecular flexibility index (Phi) is 5.67. The monoisotopic (exact) mass is 254 g/mol. The van der Waals surface area contributed by atoms with E-state index >= 15 is 0 Å². The Morgan fingerprint density at radius 2 is 1.56 bits per heavy atom. The molecule has 0 amide bonds. The fourth-order valence-corrected chi connectivity index (χ4v) is 3.84. The van der Waals surface area contributed by atoms with E-state index in [-0.39, 0.29) is 0 Å². The van der Waals surface area contributed by atoms with Crippen LogP contribution in [0, 0.1) is 5.41 Å². The molecule has 1 fully saturated rings. The van der Waals surface area contributed by atoms with E-state index in [9.17, 15) is 0 Å². The normalized spacial score (nSPS) is 22.8. The van der Waals surface area contributed by atoms with Crippen LogP contribution in [0.1, 0.15) is 66.2 Å². The molecule has 1 saturated carbocycles. The van der Waals surface area contributed by atoms with Crippen LogP contribution < -0.4 is 5.32 Å². The third-order valence-electron chi connectivity index (χ3n) is 4.67. The first-order chi connectivity index (χ1) is 8.34. The zero-order chi connectivity index (χ0) is 13.8. The van der Waals surface area contributed by atoms with Gasteiger partial charge in [0.1, 0.15) is 0 Å². The molecule has 0 aliphatic heterocycles. The highest BCUT2D eigenvalue weighted by Gasteiger charge is 2.45. The highest BCUT2D eigenvalue weighted by Crippen LogP contribution is 2.40. The maximum Gasteiger partial charge on any atom is 0.0361 e. The van der Waals surface area contributed by atoms with Crippen LogP contribution in [0.4, 0.5) is 0 Å². The molecule has 0 aromatic rings. The van der Waals surface area contributed by atoms with Crippen molar-refractivity contribution in [2.75, 3.05) is 20.6 Å². The van der Waals surface area contributed by atoms with E-state index in [0.29, 0.717) is 17.0 Å². The number of nitrogens with one attached hydrogen (secondary N) is 1. The summed E-state index contributed by atoms with van der Waals surface area (Å²) < 4.78 is 0. The number of nitrogens with zero attached hydrogens (tertiary/aromatic N) is 1. The molecule has 0 bridgehead atoms. The number of hydrogen-bond donors (Lipinski definition) is 1. The van der Waals surface area contributed by atoms with Gasteiger partial charge in [0.25, 0.3) is 0 Å². The molecule has 1 atom stereocenters. The average Bonchev–Trinajstić information content (AvgIpc) is 2.50. The van der Waals surface area contributed by atoms with Crippen molar-refractivity contribution < 1.29 is 0 Å². The van der Waals surface area contributed by atoms with Crippen molar-refractivity contribution in [1.82, 2.24) is 10.2 Å². The highest BCUT2D eigenvalue weighted by atomic mass is 15.2. The van der Waals surface area contributed by atoms with Gasteiger partial charge < -0.3 is 10.2 Å². The van der Waals surface area contributed by atoms with Crippen molar-refractivity contribution >= 4 is 0 Å². The van der Waals surface area contributed by atoms with Crippen LogP contribution in [0.2, 0.25) is 0 Å². The predicted molar refractivity (Wildman–Crippen MR) is 81.0 cm³/mol. The van der Waals surface area contributed by atoms with Gasteiger partial charge in [-0.3, -0.25) is 0 Å². The van der Waals surface area contributed by atoms with Gasteiger partial charge in [-0.1, -0.05) is 53.4 Å². The molecule has 1 N–H and O–H groups in total. The topological polar surface area (TPSA) is 15.3 Å². The Morgan fingerprint density at radius 1 is 1.06 bits per heavy atom. The summed E-state index contributed by atoms with van der Waals surface area (Å²) in [6.45, 7) is 10.5. The summed E-state index contributed by atoms with van der Waals surface area (Å²) in [5.74, 6) is 0. The van der Waals surface area contributed by atoms with Gasteiger partial charge in [0.15, 0.2) is 0 Å². The number of likely N-dealkylation sites (N-methyl/N-ethyl adjacent to an activating group) is 2. The second-order valence-electron chi connectivity index (χ2n) is 7.27. The van der Waals surface area contributed by atoms with Crippen molar-refractivity contribution in [3.05, 3.63) is 0 Å². The summed E-state index contributed by atoms with van der Waals surface area (Å²) in [7, 11) is 4.56. The van der Waals surface area contributed by atoms with Crippen LogP contribution in [0.5, 0.6) is 0 Å². The van der Waals surface area contributed by atoms with Gasteiger partial charge in [0.2, 0.25) is 0 Å². The van der Waals surface area contributed by atoms with Gasteiger partial charge in [-0.05, 0) is 38.9 Å². The molecule has 0 saturated heterocycles. The lowest BCUT2D eigenvalue weighted by Crippen LogP contribution is -2.63. The summed E-state index contributed by atoms with van der Waals surface area (Å²) >= 11 is 0. The Balaban J connectivity index is 3.05. The lowest BCUT2D eigenvalue weighted by Gasteiger charge is -2.51. The number of rotatable bonds is 4. The average molecular weight is 254 g/mol. The molecule has 0 heterocycles. The van der Waals surface area contributed by atoms with Crippen LogP contribution in [-0.4, -0.2) is 37.1 Å². The van der Waals surface area contributed by atoms with Crippen molar-refractivity contribution in [2.24, 2.45) is 5.41 Å². The summed E-state index contributed by atoms with van der Waals surface area (Å²) in [5.41, 5.74) is 0.648. The van der Waals surface area contributed by atoms with E-state index in [0.717, 1.165) is 6.54 Å². The summed E-state index contributed by atoms with van der Waals surface area (Å²) in [5, 5.41) is 3.80. The molecule has 1 unspecified atom stereocenters. The van der Waals surface area contributed by atoms with Crippen molar-refractivity contribution in [3.8, 4) is 0 Å². The predicted octanol–water partition coefficient (Wildman–Crippen LogP) is 3.67. The second-order valence-corrected chi connectivity index (χ2v) is 7.27. The molecule has 1 rings (SSSR count). The maximum absolute atomic E-state index is 3.80. The Bertz CT molecular complexity index is 232. The van der Waals surface area contributed by atoms with Crippen LogP contribution >= 0.6 is 0 Å². The summed E-state index contributed by atoms with van der Waals surface area (Å²) in [4.78, 5) is 2.51. The van der Waals surface area contributed by atoms with Crippen LogP contribution in [-0.2, 0) is 0 Å². The first kappa shape index (κ1) is 16.0. The van der Waals surface area contributed by atoms with Gasteiger partial charge in [-0.25, -0.2) is 0 Å². The maximum atomic E-state index is 3.80. The lowest BCUT2D eigenvalue weighted by atomic mass is 9.70. The first-order valence-electron chi connectivity index (χ1n) is 7.75. The Morgan fingerprint density at radius 3 is 1.89 bits per heavy atom. The molecule has 0 radical (unpaired) electrons. The third kappa shape index (κ3) is 3.48. The minimum Gasteiger partial charge on any atom is -0.312 e. The van der Waals surface area contributed by atoms with Crippen LogP contribution in [0.25, 0.3) is 0 Å². The minimum absolute atomic E-state index is 0.310. The standard InChI is InChI=1S/C16H34N2/c1-7-17-14(15(2,3)4)16(18(5)6)12-10-8-9-11-13-16/h14,17H,7-13H2,1-6H3. The zero-order valence-corrected chi connectivity index (χ0v) is 13.5. The molecule has 18 heavy (non-hydrogen) atoms. The molecule has 1 aliphatic rings. The van der Waals surface area contributed by atoms with E-state index < -0.39 is 0 Å². The molecule has 108 valence electrons. The quantitative estimate of drug-likeness (QED) is 0.770. The SMILES string of the molecule is CCNC(C(C)(C)C)C1(N(C)C)CCCCCC1. The fourth-order valence-electron chi connectivity index (χ4n) is 3.84. The molecule has 0 aromatic heterocycles. The summed E-state index contributed by atoms with van der Waals surface area (Å²) in [6.07, 6.45) is 8.29. The summed E-state index contributed by atoms with van der Waals surface area (Å²) in [6, 6.07) is 0.572. The van der Waals surface area contributed by atoms with E-state index in [1.54, 1.807) is 0 Å². The number of hydrogen-bond acceptors (Lipinski definition) is 2. The smallest absolute Gasteiger partial charge is 0.0361 e. The van der Waals surface area contributed by atoms with E-state index in [4.69, 9.17) is 0 Å². The second kappa shape index (κ2) is 6.38. The molecule has 2 nitrogen and oxygen atoms in total. The molecular weight excluding hydrogens is 220 g/mol. The molecular formula is C16H34N2. The van der Waals surface area contributed by atoms with Gasteiger partial charge in [-0.2, -0.15) is 0 Å². The van der Waals surface area contributed by atoms with E-state index in [1.165, 1.54) is 38.5 Å². The molecule has 0 aromatic carbocycles. The van der Waals surface area contributed by atoms with Crippen molar-refractivity contribution in [1.29, 1.82) is 0 Å². The largest absolute Gasteiger partial charge is 0.312 e. The molecule has 2 heteroatoms. The van der Waals surface area contributed by atoms with Gasteiger partial charge in [0, 0.05) is 11.6 Å². The molecule has 0 spiro atoms. The van der Waals surface area contributed by atoms with Crippen molar-refractivity contribution in [3.63, 3.8) is 0 Å². The van der Waals surface area contributed by atoms with E-state index in [1.807, 2.05) is 0 Å². The highest BCUT2D eigenvalue weighted by molar-refractivity contribution is 5.04. The van der Waals surface area contributed by atoms with Gasteiger partial charge in [-0.15, -0.1) is 0 Å². The molecule has 1 aliphatic carbocycles. The van der Waals surface area contributed by atoms with Crippen molar-refractivity contribution in [2.45, 2.75) is 77.8 Å². The van der Waals surface area contributed by atoms with Gasteiger partial charge in [0.05, 0.1) is 0 Å². The zero-order valence-electron chi connectivity index (χ0n) is 13.5. The van der Waals surface area contributed by atoms with E-state index in [2.05, 4.69) is 52.0 Å². The first-order valence-corrected chi connectivity index (χ1v) is 7.75. The minimum atomic E-state index is 0.310. The Labute approximate surface area is 115 Å². The van der Waals surface area contributed by atoms with Gasteiger partial charge >= 0.3 is 0 Å². The fraction of sp³-hybridized carbons (Fsp3) is 1.00.